The minimum absolute atomic E-state index is 0.0171. The molecule has 0 heterocycles. The van der Waals surface area contributed by atoms with E-state index in [1.54, 1.807) is 0 Å². The third-order valence-corrected chi connectivity index (χ3v) is 7.44. The van der Waals surface area contributed by atoms with Gasteiger partial charge in [0, 0.05) is 10.8 Å². The van der Waals surface area contributed by atoms with Gasteiger partial charge >= 0.3 is 23.7 Å². The summed E-state index contributed by atoms with van der Waals surface area (Å²) in [7, 11) is 0. The van der Waals surface area contributed by atoms with Crippen molar-refractivity contribution in [2.45, 2.75) is 51.4 Å². The third-order valence-electron chi connectivity index (χ3n) is 7.44. The van der Waals surface area contributed by atoms with E-state index in [9.17, 15) is 35.1 Å². The minimum Gasteiger partial charge on any atom is -0.199 e. The van der Waals surface area contributed by atoms with Gasteiger partial charge in [0.05, 0.1) is 0 Å². The largest absolute Gasteiger partial charge is 0.324 e. The highest BCUT2D eigenvalue weighted by molar-refractivity contribution is 5.63. The fourth-order valence-corrected chi connectivity index (χ4v) is 6.44. The van der Waals surface area contributed by atoms with E-state index >= 15 is 0 Å². The molecule has 2 bridgehead atoms. The fourth-order valence-electron chi connectivity index (χ4n) is 6.44. The molecule has 0 aliphatic heterocycles. The average Bonchev–Trinajstić information content (AvgIpc) is 2.39. The lowest BCUT2D eigenvalue weighted by Gasteiger charge is -2.88. The molecule has 2 fully saturated rings. The highest BCUT2D eigenvalue weighted by atomic mass is 19.3. The van der Waals surface area contributed by atoms with Crippen molar-refractivity contribution in [2.24, 2.45) is 21.7 Å². The summed E-state index contributed by atoms with van der Waals surface area (Å²) < 4.78 is 116. The van der Waals surface area contributed by atoms with Crippen molar-refractivity contribution in [3.63, 3.8) is 0 Å². The van der Waals surface area contributed by atoms with E-state index in [-0.39, 0.29) is 11.1 Å². The lowest BCUT2D eigenvalue weighted by Crippen LogP contribution is -3.07. The van der Waals surface area contributed by atoms with Crippen LogP contribution in [0, 0.1) is 21.7 Å². The van der Waals surface area contributed by atoms with Gasteiger partial charge in [-0.3, -0.25) is 0 Å². The van der Waals surface area contributed by atoms with Gasteiger partial charge in [0.2, 0.25) is 0 Å². The van der Waals surface area contributed by atoms with E-state index in [0.29, 0.717) is 0 Å². The van der Waals surface area contributed by atoms with Crippen LogP contribution in [0.15, 0.2) is 23.3 Å². The standard InChI is InChI=1S/C16H14F8/c1-7-5-10(4)8(2)6-9(7,3)11-12(10,15(21,22)13(11,17)18)16(23,24)14(11,19)20/h5-6H,1-4H3/t9-,10-,11?,12?/m0/s1. The first-order valence-electron chi connectivity index (χ1n) is 7.42. The summed E-state index contributed by atoms with van der Waals surface area (Å²) in [5.41, 5.74) is -12.3. The molecule has 0 N–H and O–H groups in total. The topological polar surface area (TPSA) is 0 Å². The van der Waals surface area contributed by atoms with Crippen molar-refractivity contribution in [1.82, 2.24) is 0 Å². The van der Waals surface area contributed by atoms with E-state index in [4.69, 9.17) is 0 Å². The molecule has 24 heavy (non-hydrogen) atoms. The average molecular weight is 358 g/mol. The van der Waals surface area contributed by atoms with Crippen molar-refractivity contribution < 1.29 is 35.1 Å². The van der Waals surface area contributed by atoms with Gasteiger partial charge in [-0.2, -0.15) is 35.1 Å². The highest BCUT2D eigenvalue weighted by Crippen LogP contribution is 3.02. The highest BCUT2D eigenvalue weighted by Gasteiger charge is 3.21. The molecule has 0 radical (unpaired) electrons. The van der Waals surface area contributed by atoms with E-state index in [1.807, 2.05) is 0 Å². The van der Waals surface area contributed by atoms with Crippen molar-refractivity contribution >= 4 is 0 Å². The maximum absolute atomic E-state index is 14.5. The summed E-state index contributed by atoms with van der Waals surface area (Å²) in [5, 5.41) is 0. The second-order valence-corrected chi connectivity index (χ2v) is 7.86. The Labute approximate surface area is 132 Å². The lowest BCUT2D eigenvalue weighted by atomic mass is 9.15. The molecule has 0 amide bonds. The Kier molecular flexibility index (Phi) is 2.17. The van der Waals surface area contributed by atoms with E-state index in [0.717, 1.165) is 26.0 Å². The van der Waals surface area contributed by atoms with Crippen LogP contribution in [-0.4, -0.2) is 23.7 Å². The van der Waals surface area contributed by atoms with Crippen LogP contribution in [0.4, 0.5) is 35.1 Å². The first-order chi connectivity index (χ1) is 10.5. The molecule has 2 atom stereocenters. The Morgan fingerprint density at radius 1 is 0.542 bits per heavy atom. The predicted molar refractivity (Wildman–Crippen MR) is 68.4 cm³/mol. The number of hydrogen-bond acceptors (Lipinski definition) is 0. The molecule has 2 saturated carbocycles. The van der Waals surface area contributed by atoms with Crippen LogP contribution in [0.25, 0.3) is 0 Å². The SMILES string of the molecule is CC1=C[C@@]2(C)C(C)=C[C@]1(C)C13C(F)(F)C(F)(F)C12C(F)(F)C3(F)F. The normalized spacial score (nSPS) is 53.8. The Balaban J connectivity index is 2.26. The summed E-state index contributed by atoms with van der Waals surface area (Å²) in [4.78, 5) is 0. The summed E-state index contributed by atoms with van der Waals surface area (Å²) in [6, 6.07) is 0. The zero-order valence-electron chi connectivity index (χ0n) is 13.2. The van der Waals surface area contributed by atoms with Gasteiger partial charge in [0.25, 0.3) is 0 Å². The van der Waals surface area contributed by atoms with Crippen LogP contribution < -0.4 is 0 Å². The predicted octanol–water partition coefficient (Wildman–Crippen LogP) is 5.46. The third kappa shape index (κ3) is 0.799. The second kappa shape index (κ2) is 3.18. The van der Waals surface area contributed by atoms with Crippen LogP contribution in [0.2, 0.25) is 0 Å². The number of alkyl halides is 8. The monoisotopic (exact) mass is 358 g/mol. The maximum Gasteiger partial charge on any atom is 0.324 e. The summed E-state index contributed by atoms with van der Waals surface area (Å²) >= 11 is 0. The molecule has 5 rings (SSSR count). The van der Waals surface area contributed by atoms with Crippen molar-refractivity contribution in [3.8, 4) is 0 Å². The molecule has 0 spiro atoms. The van der Waals surface area contributed by atoms with E-state index in [1.165, 1.54) is 13.8 Å². The summed E-state index contributed by atoms with van der Waals surface area (Å²) in [6.45, 7) is 4.36. The van der Waals surface area contributed by atoms with Crippen LogP contribution in [-0.2, 0) is 0 Å². The Morgan fingerprint density at radius 3 is 0.958 bits per heavy atom. The van der Waals surface area contributed by atoms with Gasteiger partial charge < -0.3 is 0 Å². The maximum atomic E-state index is 14.5. The molecule has 5 aliphatic carbocycles. The molecule has 0 aromatic heterocycles. The zero-order chi connectivity index (χ0) is 18.6. The van der Waals surface area contributed by atoms with Gasteiger partial charge in [-0.05, 0) is 13.8 Å². The smallest absolute Gasteiger partial charge is 0.199 e. The Bertz CT molecular complexity index is 666. The molecule has 0 nitrogen and oxygen atoms in total. The molecule has 5 aliphatic rings. The van der Waals surface area contributed by atoms with Crippen LogP contribution >= 0.6 is 0 Å². The zero-order valence-corrected chi connectivity index (χ0v) is 13.2. The molecule has 0 unspecified atom stereocenters. The summed E-state index contributed by atoms with van der Waals surface area (Å²) in [5.74, 6) is -21.0. The molecule has 0 aromatic carbocycles. The molecular formula is C16H14F8. The molecule has 0 saturated heterocycles. The molecule has 8 heteroatoms. The van der Waals surface area contributed by atoms with Crippen molar-refractivity contribution in [1.29, 1.82) is 0 Å². The second-order valence-electron chi connectivity index (χ2n) is 7.86. The quantitative estimate of drug-likeness (QED) is 0.398. The Hall–Kier alpha value is -1.08. The van der Waals surface area contributed by atoms with E-state index < -0.39 is 45.4 Å². The van der Waals surface area contributed by atoms with Crippen molar-refractivity contribution in [3.05, 3.63) is 23.3 Å². The molecule has 0 aromatic rings. The number of rotatable bonds is 0. The van der Waals surface area contributed by atoms with Crippen LogP contribution in [0.1, 0.15) is 27.7 Å². The minimum atomic E-state index is -5.26. The Morgan fingerprint density at radius 2 is 0.750 bits per heavy atom. The van der Waals surface area contributed by atoms with E-state index in [2.05, 4.69) is 0 Å². The van der Waals surface area contributed by atoms with Gasteiger partial charge in [-0.25, -0.2) is 0 Å². The fraction of sp³-hybridized carbons (Fsp3) is 0.750. The molecular weight excluding hydrogens is 344 g/mol. The van der Waals surface area contributed by atoms with Gasteiger partial charge in [-0.1, -0.05) is 37.1 Å². The van der Waals surface area contributed by atoms with Gasteiger partial charge in [-0.15, -0.1) is 0 Å². The number of allylic oxidation sites excluding steroid dienone is 4. The summed E-state index contributed by atoms with van der Waals surface area (Å²) in [6.07, 6.45) is 2.10. The first-order valence-corrected chi connectivity index (χ1v) is 7.42. The van der Waals surface area contributed by atoms with Crippen LogP contribution in [0.3, 0.4) is 0 Å². The molecule has 134 valence electrons. The number of hydrogen-bond donors (Lipinski definition) is 0. The van der Waals surface area contributed by atoms with Crippen LogP contribution in [0.5, 0.6) is 0 Å². The first kappa shape index (κ1) is 16.4. The lowest BCUT2D eigenvalue weighted by molar-refractivity contribution is -0.645. The number of halogens is 8. The van der Waals surface area contributed by atoms with Crippen molar-refractivity contribution in [2.75, 3.05) is 0 Å². The van der Waals surface area contributed by atoms with Gasteiger partial charge in [0.15, 0.2) is 0 Å². The van der Waals surface area contributed by atoms with Gasteiger partial charge in [0.1, 0.15) is 10.8 Å².